The van der Waals surface area contributed by atoms with Gasteiger partial charge < -0.3 is 4.74 Å². The van der Waals surface area contributed by atoms with Crippen LogP contribution in [-0.4, -0.2) is 11.9 Å². The number of benzene rings is 1. The fourth-order valence-corrected chi connectivity index (χ4v) is 2.26. The van der Waals surface area contributed by atoms with Gasteiger partial charge in [-0.15, -0.1) is 0 Å². The summed E-state index contributed by atoms with van der Waals surface area (Å²) in [6.45, 7) is 7.33. The van der Waals surface area contributed by atoms with Gasteiger partial charge in [0, 0.05) is 5.33 Å². The van der Waals surface area contributed by atoms with Gasteiger partial charge in [0.2, 0.25) is 0 Å². The minimum absolute atomic E-state index is 0.574. The van der Waals surface area contributed by atoms with Crippen molar-refractivity contribution >= 4 is 22.0 Å². The highest BCUT2D eigenvalue weighted by Gasteiger charge is 2.01. The third-order valence-electron chi connectivity index (χ3n) is 2.60. The van der Waals surface area contributed by atoms with Crippen LogP contribution < -0.4 is 4.74 Å². The van der Waals surface area contributed by atoms with Crippen LogP contribution in [0.2, 0.25) is 0 Å². The number of hydrogen-bond acceptors (Lipinski definition) is 1. The smallest absolute Gasteiger partial charge is 0.119 e. The van der Waals surface area contributed by atoms with E-state index in [1.807, 2.05) is 12.1 Å². The van der Waals surface area contributed by atoms with Crippen LogP contribution in [0.15, 0.2) is 29.8 Å². The van der Waals surface area contributed by atoms with E-state index in [1.54, 1.807) is 0 Å². The van der Waals surface area contributed by atoms with Crippen LogP contribution in [0.4, 0.5) is 0 Å². The SMILES string of the molecule is CCCOc1ccc(C=C(CBr)C(C)C)cc1. The topological polar surface area (TPSA) is 9.23 Å². The fraction of sp³-hybridized carbons (Fsp3) is 0.467. The molecule has 0 bridgehead atoms. The second kappa shape index (κ2) is 7.54. The molecule has 0 saturated carbocycles. The molecule has 0 fully saturated rings. The summed E-state index contributed by atoms with van der Waals surface area (Å²) >= 11 is 3.53. The Bertz CT molecular complexity index is 352. The quantitative estimate of drug-likeness (QED) is 0.678. The Morgan fingerprint density at radius 2 is 1.94 bits per heavy atom. The maximum atomic E-state index is 5.56. The lowest BCUT2D eigenvalue weighted by atomic mass is 10.0. The molecule has 1 rings (SSSR count). The third-order valence-corrected chi connectivity index (χ3v) is 3.25. The van der Waals surface area contributed by atoms with E-state index in [4.69, 9.17) is 4.74 Å². The lowest BCUT2D eigenvalue weighted by Crippen LogP contribution is -1.96. The van der Waals surface area contributed by atoms with E-state index in [2.05, 4.69) is 54.9 Å². The molecule has 2 heteroatoms. The number of allylic oxidation sites excluding steroid dienone is 1. The molecule has 0 aliphatic rings. The summed E-state index contributed by atoms with van der Waals surface area (Å²) in [4.78, 5) is 0. The number of ether oxygens (including phenoxy) is 1. The van der Waals surface area contributed by atoms with Crippen LogP contribution in [0.3, 0.4) is 0 Å². The van der Waals surface area contributed by atoms with Gasteiger partial charge in [-0.2, -0.15) is 0 Å². The van der Waals surface area contributed by atoms with Crippen molar-refractivity contribution in [2.75, 3.05) is 11.9 Å². The van der Waals surface area contributed by atoms with Crippen LogP contribution in [0.5, 0.6) is 5.75 Å². The number of rotatable bonds is 6. The van der Waals surface area contributed by atoms with Crippen molar-refractivity contribution in [3.8, 4) is 5.75 Å². The molecule has 0 radical (unpaired) electrons. The summed E-state index contributed by atoms with van der Waals surface area (Å²) in [6.07, 6.45) is 3.28. The number of alkyl halides is 1. The van der Waals surface area contributed by atoms with Gasteiger partial charge >= 0.3 is 0 Å². The first-order valence-electron chi connectivity index (χ1n) is 6.16. The lowest BCUT2D eigenvalue weighted by Gasteiger charge is -2.08. The second-order valence-corrected chi connectivity index (χ2v) is 4.99. The zero-order chi connectivity index (χ0) is 12.7. The minimum Gasteiger partial charge on any atom is -0.494 e. The van der Waals surface area contributed by atoms with Crippen LogP contribution in [0, 0.1) is 5.92 Å². The van der Waals surface area contributed by atoms with Gasteiger partial charge in [-0.05, 0) is 30.0 Å². The molecule has 0 spiro atoms. The second-order valence-electron chi connectivity index (χ2n) is 4.43. The van der Waals surface area contributed by atoms with Crippen LogP contribution in [-0.2, 0) is 0 Å². The van der Waals surface area contributed by atoms with E-state index in [0.717, 1.165) is 24.1 Å². The van der Waals surface area contributed by atoms with Gasteiger partial charge in [0.1, 0.15) is 5.75 Å². The van der Waals surface area contributed by atoms with Crippen molar-refractivity contribution in [2.45, 2.75) is 27.2 Å². The Labute approximate surface area is 113 Å². The number of hydrogen-bond donors (Lipinski definition) is 0. The van der Waals surface area contributed by atoms with Gasteiger partial charge in [0.15, 0.2) is 0 Å². The van der Waals surface area contributed by atoms with Gasteiger partial charge in [0.05, 0.1) is 6.61 Å². The molecule has 0 heterocycles. The first-order valence-corrected chi connectivity index (χ1v) is 7.28. The Morgan fingerprint density at radius 1 is 1.29 bits per heavy atom. The molecular weight excluding hydrogens is 276 g/mol. The summed E-state index contributed by atoms with van der Waals surface area (Å²) < 4.78 is 5.56. The highest BCUT2D eigenvalue weighted by Crippen LogP contribution is 2.19. The Morgan fingerprint density at radius 3 is 2.41 bits per heavy atom. The maximum Gasteiger partial charge on any atom is 0.119 e. The average molecular weight is 297 g/mol. The highest BCUT2D eigenvalue weighted by molar-refractivity contribution is 9.09. The third kappa shape index (κ3) is 4.95. The monoisotopic (exact) mass is 296 g/mol. The summed E-state index contributed by atoms with van der Waals surface area (Å²) in [6, 6.07) is 8.29. The van der Waals surface area contributed by atoms with E-state index < -0.39 is 0 Å². The molecule has 0 atom stereocenters. The predicted molar refractivity (Wildman–Crippen MR) is 78.8 cm³/mol. The maximum absolute atomic E-state index is 5.56. The van der Waals surface area contributed by atoms with Crippen molar-refractivity contribution in [2.24, 2.45) is 5.92 Å². The molecule has 0 unspecified atom stereocenters. The highest BCUT2D eigenvalue weighted by atomic mass is 79.9. The molecule has 17 heavy (non-hydrogen) atoms. The molecule has 0 aromatic heterocycles. The van der Waals surface area contributed by atoms with Crippen molar-refractivity contribution in [1.29, 1.82) is 0 Å². The molecule has 0 amide bonds. The molecule has 0 N–H and O–H groups in total. The van der Waals surface area contributed by atoms with E-state index in [-0.39, 0.29) is 0 Å². The van der Waals surface area contributed by atoms with Crippen molar-refractivity contribution in [3.05, 3.63) is 35.4 Å². The van der Waals surface area contributed by atoms with Crippen molar-refractivity contribution < 1.29 is 4.74 Å². The minimum atomic E-state index is 0.574. The normalized spacial score (nSPS) is 11.9. The Balaban J connectivity index is 2.73. The summed E-state index contributed by atoms with van der Waals surface area (Å²) in [5.74, 6) is 1.53. The zero-order valence-corrected chi connectivity index (χ0v) is 12.5. The van der Waals surface area contributed by atoms with E-state index in [9.17, 15) is 0 Å². The van der Waals surface area contributed by atoms with Gasteiger partial charge in [-0.25, -0.2) is 0 Å². The fourth-order valence-electron chi connectivity index (χ4n) is 1.45. The van der Waals surface area contributed by atoms with Crippen LogP contribution in [0.25, 0.3) is 6.08 Å². The summed E-state index contributed by atoms with van der Waals surface area (Å²) in [7, 11) is 0. The summed E-state index contributed by atoms with van der Waals surface area (Å²) in [5.41, 5.74) is 2.64. The van der Waals surface area contributed by atoms with Gasteiger partial charge in [-0.1, -0.05) is 60.5 Å². The molecule has 94 valence electrons. The van der Waals surface area contributed by atoms with Crippen molar-refractivity contribution in [1.82, 2.24) is 0 Å². The van der Waals surface area contributed by atoms with Crippen LogP contribution in [0.1, 0.15) is 32.8 Å². The van der Waals surface area contributed by atoms with E-state index in [0.29, 0.717) is 5.92 Å². The molecule has 1 nitrogen and oxygen atoms in total. The zero-order valence-electron chi connectivity index (χ0n) is 10.9. The Hall–Kier alpha value is -0.760. The largest absolute Gasteiger partial charge is 0.494 e. The van der Waals surface area contributed by atoms with E-state index >= 15 is 0 Å². The molecule has 0 aliphatic carbocycles. The van der Waals surface area contributed by atoms with Crippen LogP contribution >= 0.6 is 15.9 Å². The van der Waals surface area contributed by atoms with E-state index in [1.165, 1.54) is 11.1 Å². The average Bonchev–Trinajstić information content (AvgIpc) is 2.34. The van der Waals surface area contributed by atoms with Crippen molar-refractivity contribution in [3.63, 3.8) is 0 Å². The van der Waals surface area contributed by atoms with Gasteiger partial charge in [0.25, 0.3) is 0 Å². The standard InChI is InChI=1S/C15H21BrO/c1-4-9-17-15-7-5-13(6-8-15)10-14(11-16)12(2)3/h5-8,10,12H,4,9,11H2,1-3H3. The molecule has 0 aliphatic heterocycles. The van der Waals surface area contributed by atoms with Gasteiger partial charge in [-0.3, -0.25) is 0 Å². The first kappa shape index (κ1) is 14.3. The predicted octanol–water partition coefficient (Wildman–Crippen LogP) is 4.91. The first-order chi connectivity index (χ1) is 8.17. The lowest BCUT2D eigenvalue weighted by molar-refractivity contribution is 0.317. The molecule has 1 aromatic carbocycles. The molecule has 1 aromatic rings. The number of halogens is 1. The molecular formula is C15H21BrO. The molecule has 0 saturated heterocycles. The Kier molecular flexibility index (Phi) is 6.35. The summed E-state index contributed by atoms with van der Waals surface area (Å²) in [5, 5.41) is 0.929.